The van der Waals surface area contributed by atoms with Crippen molar-refractivity contribution in [3.63, 3.8) is 0 Å². The summed E-state index contributed by atoms with van der Waals surface area (Å²) in [7, 11) is 0. The Labute approximate surface area is 282 Å². The van der Waals surface area contributed by atoms with E-state index in [1.165, 1.54) is 32.3 Å². The van der Waals surface area contributed by atoms with Gasteiger partial charge in [0, 0.05) is 27.5 Å². The third kappa shape index (κ3) is 4.57. The molecular formula is C45H27N3O. The number of furan rings is 1. The molecule has 0 aliphatic heterocycles. The van der Waals surface area contributed by atoms with E-state index in [1.54, 1.807) is 0 Å². The predicted molar refractivity (Wildman–Crippen MR) is 201 cm³/mol. The van der Waals surface area contributed by atoms with Gasteiger partial charge in [-0.25, -0.2) is 15.0 Å². The molecule has 0 fully saturated rings. The van der Waals surface area contributed by atoms with Crippen LogP contribution in [0.4, 0.5) is 0 Å². The highest BCUT2D eigenvalue weighted by atomic mass is 16.3. The average Bonchev–Trinajstić information content (AvgIpc) is 3.57. The summed E-state index contributed by atoms with van der Waals surface area (Å²) < 4.78 is 6.21. The van der Waals surface area contributed by atoms with Crippen molar-refractivity contribution in [3.8, 4) is 45.3 Å². The zero-order valence-electron chi connectivity index (χ0n) is 26.3. The molecule has 8 aromatic carbocycles. The molecule has 0 amide bonds. The average molecular weight is 626 g/mol. The first-order valence-corrected chi connectivity index (χ1v) is 16.4. The van der Waals surface area contributed by atoms with E-state index < -0.39 is 0 Å². The standard InChI is InChI=1S/C45H27N3O/c1-2-11-31(12-3-1)43-46-44(33-14-8-13-32(26-33)36-17-9-19-40-42(36)37-16-6-7-18-39(37)49-40)48-45(47-43)34-25-22-29-21-24-30-23-20-28-10-4-5-15-35(28)41(30)38(29)27-34/h1-27H. The maximum absolute atomic E-state index is 6.21. The van der Waals surface area contributed by atoms with Crippen LogP contribution in [0.1, 0.15) is 0 Å². The summed E-state index contributed by atoms with van der Waals surface area (Å²) >= 11 is 0. The van der Waals surface area contributed by atoms with Crippen LogP contribution in [0.5, 0.6) is 0 Å². The monoisotopic (exact) mass is 625 g/mol. The summed E-state index contributed by atoms with van der Waals surface area (Å²) in [5, 5.41) is 9.47. The SMILES string of the molecule is c1ccc(-c2nc(-c3cccc(-c4cccc5oc6ccccc6c45)c3)nc(-c3ccc4ccc5ccc6ccccc6c5c4c3)n2)cc1. The number of para-hydroxylation sites is 1. The number of hydrogen-bond acceptors (Lipinski definition) is 4. The van der Waals surface area contributed by atoms with Crippen LogP contribution in [0, 0.1) is 0 Å². The lowest BCUT2D eigenvalue weighted by atomic mass is 9.95. The maximum Gasteiger partial charge on any atom is 0.164 e. The van der Waals surface area contributed by atoms with Crippen LogP contribution in [0.2, 0.25) is 0 Å². The quantitative estimate of drug-likeness (QED) is 0.183. The smallest absolute Gasteiger partial charge is 0.164 e. The summed E-state index contributed by atoms with van der Waals surface area (Å²) in [6.07, 6.45) is 0. The van der Waals surface area contributed by atoms with Crippen LogP contribution in [-0.4, -0.2) is 15.0 Å². The Morgan fingerprint density at radius 1 is 0.327 bits per heavy atom. The van der Waals surface area contributed by atoms with E-state index in [-0.39, 0.29) is 0 Å². The van der Waals surface area contributed by atoms with Gasteiger partial charge >= 0.3 is 0 Å². The molecule has 0 radical (unpaired) electrons. The van der Waals surface area contributed by atoms with Crippen molar-refractivity contribution < 1.29 is 4.42 Å². The second-order valence-corrected chi connectivity index (χ2v) is 12.4. The Kier molecular flexibility index (Phi) is 6.15. The largest absolute Gasteiger partial charge is 0.456 e. The Hall–Kier alpha value is -6.65. The van der Waals surface area contributed by atoms with E-state index in [2.05, 4.69) is 109 Å². The summed E-state index contributed by atoms with van der Waals surface area (Å²) in [5.74, 6) is 1.90. The van der Waals surface area contributed by atoms with Crippen molar-refractivity contribution in [2.75, 3.05) is 0 Å². The van der Waals surface area contributed by atoms with Gasteiger partial charge in [-0.05, 0) is 67.7 Å². The molecule has 0 unspecified atom stereocenters. The summed E-state index contributed by atoms with van der Waals surface area (Å²) in [4.78, 5) is 15.3. The van der Waals surface area contributed by atoms with Gasteiger partial charge in [-0.1, -0.05) is 140 Å². The van der Waals surface area contributed by atoms with Gasteiger partial charge in [0.05, 0.1) is 0 Å². The molecule has 228 valence electrons. The van der Waals surface area contributed by atoms with E-state index >= 15 is 0 Å². The minimum Gasteiger partial charge on any atom is -0.456 e. The number of fused-ring (bicyclic) bond motifs is 8. The molecule has 2 aromatic heterocycles. The molecule has 2 heterocycles. The van der Waals surface area contributed by atoms with E-state index in [0.29, 0.717) is 17.5 Å². The number of nitrogens with zero attached hydrogens (tertiary/aromatic N) is 3. The first-order chi connectivity index (χ1) is 24.3. The molecule has 0 bridgehead atoms. The molecule has 49 heavy (non-hydrogen) atoms. The van der Waals surface area contributed by atoms with Gasteiger partial charge in [0.25, 0.3) is 0 Å². The molecule has 0 N–H and O–H groups in total. The number of rotatable bonds is 4. The van der Waals surface area contributed by atoms with E-state index in [4.69, 9.17) is 19.4 Å². The van der Waals surface area contributed by atoms with Gasteiger partial charge < -0.3 is 4.42 Å². The third-order valence-electron chi connectivity index (χ3n) is 9.49. The molecular weight excluding hydrogens is 599 g/mol. The molecule has 0 spiro atoms. The van der Waals surface area contributed by atoms with Crippen molar-refractivity contribution in [1.29, 1.82) is 0 Å². The van der Waals surface area contributed by atoms with Crippen LogP contribution in [-0.2, 0) is 0 Å². The number of hydrogen-bond donors (Lipinski definition) is 0. The van der Waals surface area contributed by atoms with Crippen LogP contribution >= 0.6 is 0 Å². The number of benzene rings is 8. The normalized spacial score (nSPS) is 11.7. The van der Waals surface area contributed by atoms with E-state index in [0.717, 1.165) is 49.8 Å². The van der Waals surface area contributed by atoms with E-state index in [9.17, 15) is 0 Å². The Morgan fingerprint density at radius 2 is 0.898 bits per heavy atom. The van der Waals surface area contributed by atoms with Crippen molar-refractivity contribution >= 4 is 54.3 Å². The zero-order valence-corrected chi connectivity index (χ0v) is 26.3. The molecule has 4 nitrogen and oxygen atoms in total. The highest BCUT2D eigenvalue weighted by Gasteiger charge is 2.16. The van der Waals surface area contributed by atoms with Gasteiger partial charge in [0.2, 0.25) is 0 Å². The minimum absolute atomic E-state index is 0.624. The lowest BCUT2D eigenvalue weighted by Gasteiger charge is -2.12. The minimum atomic E-state index is 0.624. The van der Waals surface area contributed by atoms with Crippen molar-refractivity contribution in [1.82, 2.24) is 15.0 Å². The van der Waals surface area contributed by atoms with Crippen LogP contribution in [0.15, 0.2) is 168 Å². The molecule has 4 heteroatoms. The van der Waals surface area contributed by atoms with Crippen LogP contribution in [0.3, 0.4) is 0 Å². The Bertz CT molecular complexity index is 2890. The summed E-state index contributed by atoms with van der Waals surface area (Å²) in [6, 6.07) is 56.9. The van der Waals surface area contributed by atoms with Gasteiger partial charge in [-0.15, -0.1) is 0 Å². The highest BCUT2D eigenvalue weighted by molar-refractivity contribution is 6.20. The molecule has 0 saturated carbocycles. The zero-order chi connectivity index (χ0) is 32.3. The van der Waals surface area contributed by atoms with Crippen molar-refractivity contribution in [2.24, 2.45) is 0 Å². The van der Waals surface area contributed by atoms with Crippen molar-refractivity contribution in [3.05, 3.63) is 164 Å². The van der Waals surface area contributed by atoms with Gasteiger partial charge in [-0.2, -0.15) is 0 Å². The van der Waals surface area contributed by atoms with E-state index in [1.807, 2.05) is 54.6 Å². The fourth-order valence-corrected chi connectivity index (χ4v) is 7.16. The number of aromatic nitrogens is 3. The van der Waals surface area contributed by atoms with Crippen LogP contribution < -0.4 is 0 Å². The molecule has 0 aliphatic carbocycles. The predicted octanol–water partition coefficient (Wildman–Crippen LogP) is 11.9. The second-order valence-electron chi connectivity index (χ2n) is 12.4. The van der Waals surface area contributed by atoms with Gasteiger partial charge in [0.1, 0.15) is 11.2 Å². The fourth-order valence-electron chi connectivity index (χ4n) is 7.16. The second kappa shape index (κ2) is 11.0. The molecule has 0 saturated heterocycles. The Balaban J connectivity index is 1.17. The molecule has 10 aromatic rings. The van der Waals surface area contributed by atoms with Gasteiger partial charge in [0.15, 0.2) is 17.5 Å². The van der Waals surface area contributed by atoms with Crippen LogP contribution in [0.25, 0.3) is 99.5 Å². The maximum atomic E-state index is 6.21. The lowest BCUT2D eigenvalue weighted by Crippen LogP contribution is -2.00. The molecule has 0 atom stereocenters. The summed E-state index contributed by atoms with van der Waals surface area (Å²) in [6.45, 7) is 0. The fraction of sp³-hybridized carbons (Fsp3) is 0. The Morgan fingerprint density at radius 3 is 1.73 bits per heavy atom. The first kappa shape index (κ1) is 27.5. The molecule has 10 rings (SSSR count). The molecule has 0 aliphatic rings. The first-order valence-electron chi connectivity index (χ1n) is 16.4. The van der Waals surface area contributed by atoms with Crippen molar-refractivity contribution in [2.45, 2.75) is 0 Å². The highest BCUT2D eigenvalue weighted by Crippen LogP contribution is 2.38. The topological polar surface area (TPSA) is 51.8 Å². The summed E-state index contributed by atoms with van der Waals surface area (Å²) in [5.41, 5.74) is 6.73. The third-order valence-corrected chi connectivity index (χ3v) is 9.49. The lowest BCUT2D eigenvalue weighted by molar-refractivity contribution is 0.669. The van der Waals surface area contributed by atoms with Gasteiger partial charge in [-0.3, -0.25) is 0 Å².